The second-order valence-corrected chi connectivity index (χ2v) is 6.42. The predicted molar refractivity (Wildman–Crippen MR) is 73.9 cm³/mol. The lowest BCUT2D eigenvalue weighted by atomic mass is 10.2. The average molecular weight is 258 g/mol. The van der Waals surface area contributed by atoms with Crippen LogP contribution in [0.2, 0.25) is 0 Å². The van der Waals surface area contributed by atoms with E-state index in [0.29, 0.717) is 19.3 Å². The highest BCUT2D eigenvalue weighted by Crippen LogP contribution is 2.21. The van der Waals surface area contributed by atoms with Crippen molar-refractivity contribution >= 4 is 0 Å². The molecule has 0 aromatic rings. The van der Waals surface area contributed by atoms with Crippen molar-refractivity contribution in [1.82, 2.24) is 0 Å². The van der Waals surface area contributed by atoms with E-state index in [1.54, 1.807) is 0 Å². The Bertz CT molecular complexity index is 216. The molecule has 2 unspecified atom stereocenters. The summed E-state index contributed by atoms with van der Waals surface area (Å²) in [6.07, 6.45) is 5.81. The predicted octanol–water partition coefficient (Wildman–Crippen LogP) is 3.55. The molecule has 1 fully saturated rings. The first-order valence-electron chi connectivity index (χ1n) is 7.28. The largest absolute Gasteiger partial charge is 0.376 e. The minimum absolute atomic E-state index is 0.105. The molecule has 0 saturated heterocycles. The Morgan fingerprint density at radius 3 is 2.17 bits per heavy atom. The normalized spacial score (nSPS) is 21.2. The van der Waals surface area contributed by atoms with Gasteiger partial charge in [0.25, 0.3) is 0 Å². The van der Waals surface area contributed by atoms with E-state index in [1.165, 1.54) is 25.7 Å². The fourth-order valence-corrected chi connectivity index (χ4v) is 2.31. The maximum Gasteiger partial charge on any atom is 0.0787 e. The van der Waals surface area contributed by atoms with Crippen LogP contribution in [0.4, 0.5) is 0 Å². The lowest BCUT2D eigenvalue weighted by molar-refractivity contribution is -0.108. The molecule has 1 saturated carbocycles. The monoisotopic (exact) mass is 258 g/mol. The minimum atomic E-state index is -0.105. The third kappa shape index (κ3) is 7.34. The van der Waals surface area contributed by atoms with E-state index in [1.807, 2.05) is 0 Å². The van der Waals surface area contributed by atoms with Crippen LogP contribution < -0.4 is 0 Å². The summed E-state index contributed by atoms with van der Waals surface area (Å²) in [5.74, 6) is 0. The Balaban J connectivity index is 2.06. The van der Waals surface area contributed by atoms with Gasteiger partial charge in [-0.2, -0.15) is 0 Å². The topological polar surface area (TPSA) is 27.7 Å². The molecular formula is C15H30O3. The fraction of sp³-hybridized carbons (Fsp3) is 1.00. The Morgan fingerprint density at radius 2 is 1.61 bits per heavy atom. The standard InChI is InChI=1S/C15H30O3/c1-12(10-17-14-8-6-7-9-14)16-11-13(2)18-15(3,4)5/h12-14H,6-11H2,1-5H3. The van der Waals surface area contributed by atoms with E-state index in [-0.39, 0.29) is 17.8 Å². The average Bonchev–Trinajstić information content (AvgIpc) is 2.74. The molecule has 0 aromatic carbocycles. The van der Waals surface area contributed by atoms with Gasteiger partial charge in [0.2, 0.25) is 0 Å². The third-order valence-electron chi connectivity index (χ3n) is 3.04. The van der Waals surface area contributed by atoms with Gasteiger partial charge in [0.1, 0.15) is 0 Å². The van der Waals surface area contributed by atoms with Crippen LogP contribution in [0, 0.1) is 0 Å². The molecule has 0 aliphatic heterocycles. The van der Waals surface area contributed by atoms with E-state index < -0.39 is 0 Å². The van der Waals surface area contributed by atoms with Crippen molar-refractivity contribution < 1.29 is 14.2 Å². The summed E-state index contributed by atoms with van der Waals surface area (Å²) >= 11 is 0. The third-order valence-corrected chi connectivity index (χ3v) is 3.04. The van der Waals surface area contributed by atoms with Crippen LogP contribution in [0.5, 0.6) is 0 Å². The van der Waals surface area contributed by atoms with Gasteiger partial charge in [0, 0.05) is 0 Å². The van der Waals surface area contributed by atoms with Gasteiger partial charge >= 0.3 is 0 Å². The Morgan fingerprint density at radius 1 is 1.00 bits per heavy atom. The second kappa shape index (κ2) is 7.46. The number of hydrogen-bond acceptors (Lipinski definition) is 3. The Hall–Kier alpha value is -0.120. The van der Waals surface area contributed by atoms with Gasteiger partial charge in [-0.3, -0.25) is 0 Å². The van der Waals surface area contributed by atoms with E-state index in [9.17, 15) is 0 Å². The molecule has 1 rings (SSSR count). The molecule has 0 amide bonds. The van der Waals surface area contributed by atoms with Gasteiger partial charge in [0.15, 0.2) is 0 Å². The SMILES string of the molecule is CC(COC1CCCC1)OCC(C)OC(C)(C)C. The van der Waals surface area contributed by atoms with E-state index in [0.717, 1.165) is 0 Å². The summed E-state index contributed by atoms with van der Waals surface area (Å²) in [5.41, 5.74) is -0.105. The van der Waals surface area contributed by atoms with Crippen LogP contribution in [0.15, 0.2) is 0 Å². The van der Waals surface area contributed by atoms with Crippen molar-refractivity contribution in [3.8, 4) is 0 Å². The summed E-state index contributed by atoms with van der Waals surface area (Å²) in [4.78, 5) is 0. The fourth-order valence-electron chi connectivity index (χ4n) is 2.31. The molecule has 3 heteroatoms. The summed E-state index contributed by atoms with van der Waals surface area (Å²) < 4.78 is 17.4. The number of hydrogen-bond donors (Lipinski definition) is 0. The molecule has 1 aliphatic rings. The van der Waals surface area contributed by atoms with Gasteiger partial charge in [-0.1, -0.05) is 12.8 Å². The van der Waals surface area contributed by atoms with Crippen LogP contribution in [-0.4, -0.2) is 37.1 Å². The summed E-state index contributed by atoms with van der Waals surface area (Å²) in [6, 6.07) is 0. The highest BCUT2D eigenvalue weighted by Gasteiger charge is 2.18. The second-order valence-electron chi connectivity index (χ2n) is 6.42. The van der Waals surface area contributed by atoms with Gasteiger partial charge in [0.05, 0.1) is 37.1 Å². The van der Waals surface area contributed by atoms with Crippen LogP contribution in [0.1, 0.15) is 60.3 Å². The molecule has 108 valence electrons. The zero-order valence-electron chi connectivity index (χ0n) is 12.7. The lowest BCUT2D eigenvalue weighted by Crippen LogP contribution is -2.31. The van der Waals surface area contributed by atoms with Crippen molar-refractivity contribution in [2.24, 2.45) is 0 Å². The van der Waals surface area contributed by atoms with Gasteiger partial charge in [-0.05, 0) is 47.5 Å². The van der Waals surface area contributed by atoms with Crippen LogP contribution >= 0.6 is 0 Å². The Kier molecular flexibility index (Phi) is 6.61. The number of rotatable bonds is 7. The zero-order chi connectivity index (χ0) is 13.6. The molecule has 0 spiro atoms. The molecule has 0 N–H and O–H groups in total. The van der Waals surface area contributed by atoms with Crippen molar-refractivity contribution in [1.29, 1.82) is 0 Å². The van der Waals surface area contributed by atoms with Crippen molar-refractivity contribution in [2.75, 3.05) is 13.2 Å². The first kappa shape index (κ1) is 15.9. The molecular weight excluding hydrogens is 228 g/mol. The minimum Gasteiger partial charge on any atom is -0.376 e. The molecule has 2 atom stereocenters. The van der Waals surface area contributed by atoms with Crippen LogP contribution in [-0.2, 0) is 14.2 Å². The highest BCUT2D eigenvalue weighted by atomic mass is 16.6. The maximum absolute atomic E-state index is 5.83. The molecule has 3 nitrogen and oxygen atoms in total. The van der Waals surface area contributed by atoms with E-state index in [4.69, 9.17) is 14.2 Å². The summed E-state index contributed by atoms with van der Waals surface area (Å²) in [7, 11) is 0. The smallest absolute Gasteiger partial charge is 0.0787 e. The quantitative estimate of drug-likeness (QED) is 0.699. The van der Waals surface area contributed by atoms with Gasteiger partial charge in [-0.25, -0.2) is 0 Å². The molecule has 0 bridgehead atoms. The van der Waals surface area contributed by atoms with Crippen molar-refractivity contribution in [3.05, 3.63) is 0 Å². The van der Waals surface area contributed by atoms with Gasteiger partial charge in [-0.15, -0.1) is 0 Å². The number of ether oxygens (including phenoxy) is 3. The van der Waals surface area contributed by atoms with Crippen molar-refractivity contribution in [3.63, 3.8) is 0 Å². The molecule has 18 heavy (non-hydrogen) atoms. The Labute approximate surface area is 112 Å². The lowest BCUT2D eigenvalue weighted by Gasteiger charge is -2.26. The zero-order valence-corrected chi connectivity index (χ0v) is 12.7. The first-order chi connectivity index (χ1) is 8.37. The van der Waals surface area contributed by atoms with Gasteiger partial charge < -0.3 is 14.2 Å². The maximum atomic E-state index is 5.83. The molecule has 0 radical (unpaired) electrons. The first-order valence-corrected chi connectivity index (χ1v) is 7.28. The summed E-state index contributed by atoms with van der Waals surface area (Å²) in [6.45, 7) is 11.6. The molecule has 0 heterocycles. The molecule has 1 aliphatic carbocycles. The van der Waals surface area contributed by atoms with Crippen molar-refractivity contribution in [2.45, 2.75) is 84.2 Å². The van der Waals surface area contributed by atoms with E-state index >= 15 is 0 Å². The highest BCUT2D eigenvalue weighted by molar-refractivity contribution is 4.67. The van der Waals surface area contributed by atoms with E-state index in [2.05, 4.69) is 34.6 Å². The van der Waals surface area contributed by atoms with Crippen LogP contribution in [0.25, 0.3) is 0 Å². The van der Waals surface area contributed by atoms with Crippen LogP contribution in [0.3, 0.4) is 0 Å². The molecule has 0 aromatic heterocycles. The summed E-state index contributed by atoms with van der Waals surface area (Å²) in [5, 5.41) is 0.